The van der Waals surface area contributed by atoms with Crippen molar-refractivity contribution in [2.75, 3.05) is 0 Å². The van der Waals surface area contributed by atoms with Crippen LogP contribution in [0.3, 0.4) is 0 Å². The topological polar surface area (TPSA) is 109 Å². The molecular formula is C34H30O6S2. The first-order valence-corrected chi connectivity index (χ1v) is 15.9. The Bertz CT molecular complexity index is 1870. The highest BCUT2D eigenvalue weighted by atomic mass is 32.2. The molecule has 0 unspecified atom stereocenters. The van der Waals surface area contributed by atoms with Gasteiger partial charge in [-0.3, -0.25) is 9.11 Å². The number of rotatable bonds is 3. The molecule has 0 radical (unpaired) electrons. The summed E-state index contributed by atoms with van der Waals surface area (Å²) >= 11 is 0. The number of benzene rings is 6. The highest BCUT2D eigenvalue weighted by Gasteiger charge is 2.08. The van der Waals surface area contributed by atoms with Gasteiger partial charge in [0.05, 0.1) is 9.79 Å². The van der Waals surface area contributed by atoms with Gasteiger partial charge in [0, 0.05) is 0 Å². The fraction of sp³-hybridized carbons (Fsp3) is 0.0588. The zero-order chi connectivity index (χ0) is 30.3. The third-order valence-corrected chi connectivity index (χ3v) is 8.24. The van der Waals surface area contributed by atoms with Gasteiger partial charge in [-0.1, -0.05) is 120 Å². The molecule has 0 atom stereocenters. The van der Waals surface area contributed by atoms with E-state index in [4.69, 9.17) is 9.11 Å². The highest BCUT2D eigenvalue weighted by Crippen LogP contribution is 2.33. The maximum Gasteiger partial charge on any atom is 0.294 e. The molecule has 42 heavy (non-hydrogen) atoms. The number of hydrogen-bond donors (Lipinski definition) is 2. The SMILES string of the molecule is Cc1ccc(S(=O)(=O)O)cc1.Cc1ccc(S(=O)(=O)O)cc1.c1ccc2c(-c3cccc4ccccc34)cccc2c1. The zero-order valence-electron chi connectivity index (χ0n) is 23.0. The standard InChI is InChI=1S/C20H14.2C7H8O3S/c1-3-11-17-15(7-1)9-5-13-19(17)20-14-6-10-16-8-2-4-12-18(16)20;2*1-6-2-4-7(5-3-6)11(8,9)10/h1-14H;2*2-5H,1H3,(H,8,9,10). The zero-order valence-corrected chi connectivity index (χ0v) is 24.7. The lowest BCUT2D eigenvalue weighted by molar-refractivity contribution is 0.481. The summed E-state index contributed by atoms with van der Waals surface area (Å²) in [6.45, 7) is 3.68. The van der Waals surface area contributed by atoms with Crippen LogP contribution in [0.2, 0.25) is 0 Å². The Balaban J connectivity index is 0.000000158. The second kappa shape index (κ2) is 13.1. The van der Waals surface area contributed by atoms with Gasteiger partial charge in [-0.15, -0.1) is 0 Å². The van der Waals surface area contributed by atoms with Crippen molar-refractivity contribution in [1.29, 1.82) is 0 Å². The third kappa shape index (κ3) is 7.90. The molecular weight excluding hydrogens is 569 g/mol. The van der Waals surface area contributed by atoms with Crippen LogP contribution in [0.5, 0.6) is 0 Å². The molecule has 0 heterocycles. The lowest BCUT2D eigenvalue weighted by Gasteiger charge is -2.10. The minimum Gasteiger partial charge on any atom is -0.282 e. The van der Waals surface area contributed by atoms with Crippen LogP contribution in [-0.2, 0) is 20.2 Å². The molecule has 6 nitrogen and oxygen atoms in total. The number of aryl methyl sites for hydroxylation is 2. The van der Waals surface area contributed by atoms with E-state index >= 15 is 0 Å². The van der Waals surface area contributed by atoms with E-state index < -0.39 is 20.2 Å². The van der Waals surface area contributed by atoms with Crippen LogP contribution in [-0.4, -0.2) is 25.9 Å². The maximum absolute atomic E-state index is 10.5. The molecule has 0 aromatic heterocycles. The van der Waals surface area contributed by atoms with Crippen molar-refractivity contribution >= 4 is 41.8 Å². The predicted molar refractivity (Wildman–Crippen MR) is 169 cm³/mol. The Hall–Kier alpha value is -4.34. The Morgan fingerprint density at radius 2 is 0.714 bits per heavy atom. The molecule has 0 saturated carbocycles. The average molecular weight is 599 g/mol. The lowest BCUT2D eigenvalue weighted by atomic mass is 9.94. The molecule has 6 rings (SSSR count). The Labute approximate surface area is 246 Å². The van der Waals surface area contributed by atoms with E-state index in [1.165, 1.54) is 56.9 Å². The van der Waals surface area contributed by atoms with Crippen molar-refractivity contribution in [2.45, 2.75) is 23.6 Å². The summed E-state index contributed by atoms with van der Waals surface area (Å²) < 4.78 is 59.1. The molecule has 0 fully saturated rings. The second-order valence-corrected chi connectivity index (χ2v) is 12.5. The van der Waals surface area contributed by atoms with Gasteiger partial charge in [0.25, 0.3) is 20.2 Å². The molecule has 0 saturated heterocycles. The highest BCUT2D eigenvalue weighted by molar-refractivity contribution is 7.86. The second-order valence-electron chi connectivity index (χ2n) is 9.63. The first kappa shape index (κ1) is 30.6. The minimum atomic E-state index is -4.02. The van der Waals surface area contributed by atoms with E-state index in [0.717, 1.165) is 11.1 Å². The van der Waals surface area contributed by atoms with Gasteiger partial charge in [-0.05, 0) is 70.8 Å². The maximum atomic E-state index is 10.5. The molecule has 0 aliphatic carbocycles. The predicted octanol–water partition coefficient (Wildman–Crippen LogP) is 8.14. The van der Waals surface area contributed by atoms with E-state index in [0.29, 0.717) is 0 Å². The molecule has 0 spiro atoms. The number of fused-ring (bicyclic) bond motifs is 2. The molecule has 0 aliphatic rings. The fourth-order valence-electron chi connectivity index (χ4n) is 4.34. The van der Waals surface area contributed by atoms with Gasteiger partial charge in [-0.2, -0.15) is 16.8 Å². The summed E-state index contributed by atoms with van der Waals surface area (Å²) in [6, 6.07) is 42.2. The van der Waals surface area contributed by atoms with Crippen molar-refractivity contribution in [2.24, 2.45) is 0 Å². The monoisotopic (exact) mass is 598 g/mol. The van der Waals surface area contributed by atoms with E-state index in [-0.39, 0.29) is 9.79 Å². The normalized spacial score (nSPS) is 11.2. The first-order chi connectivity index (χ1) is 19.9. The quantitative estimate of drug-likeness (QED) is 0.199. The lowest BCUT2D eigenvalue weighted by Crippen LogP contribution is -1.96. The van der Waals surface area contributed by atoms with Gasteiger partial charge >= 0.3 is 0 Å². The van der Waals surface area contributed by atoms with E-state index in [2.05, 4.69) is 84.9 Å². The average Bonchev–Trinajstić information content (AvgIpc) is 2.97. The molecule has 0 amide bonds. The smallest absolute Gasteiger partial charge is 0.282 e. The Kier molecular flexibility index (Phi) is 9.55. The summed E-state index contributed by atoms with van der Waals surface area (Å²) in [4.78, 5) is -0.133. The van der Waals surface area contributed by atoms with Gasteiger partial charge in [-0.25, -0.2) is 0 Å². The van der Waals surface area contributed by atoms with Gasteiger partial charge in [0.2, 0.25) is 0 Å². The van der Waals surface area contributed by atoms with E-state index in [1.54, 1.807) is 24.3 Å². The summed E-state index contributed by atoms with van der Waals surface area (Å²) in [5.41, 5.74) is 4.52. The van der Waals surface area contributed by atoms with E-state index in [1.807, 2.05) is 13.8 Å². The van der Waals surface area contributed by atoms with Crippen molar-refractivity contribution in [3.05, 3.63) is 145 Å². The van der Waals surface area contributed by atoms with Gasteiger partial charge < -0.3 is 0 Å². The van der Waals surface area contributed by atoms with Crippen LogP contribution in [0.1, 0.15) is 11.1 Å². The van der Waals surface area contributed by atoms with Crippen LogP contribution < -0.4 is 0 Å². The van der Waals surface area contributed by atoms with Gasteiger partial charge in [0.15, 0.2) is 0 Å². The molecule has 214 valence electrons. The van der Waals surface area contributed by atoms with Crippen LogP contribution in [0, 0.1) is 13.8 Å². The van der Waals surface area contributed by atoms with Crippen molar-refractivity contribution in [1.82, 2.24) is 0 Å². The first-order valence-electron chi connectivity index (χ1n) is 13.0. The van der Waals surface area contributed by atoms with Crippen LogP contribution in [0.25, 0.3) is 32.7 Å². The summed E-state index contributed by atoms with van der Waals surface area (Å²) in [5, 5.41) is 5.20. The minimum absolute atomic E-state index is 0.0666. The molecule has 6 aromatic rings. The fourth-order valence-corrected chi connectivity index (χ4v) is 5.30. The third-order valence-electron chi connectivity index (χ3n) is 6.51. The molecule has 0 bridgehead atoms. The largest absolute Gasteiger partial charge is 0.294 e. The van der Waals surface area contributed by atoms with E-state index in [9.17, 15) is 16.8 Å². The van der Waals surface area contributed by atoms with Crippen LogP contribution in [0.15, 0.2) is 143 Å². The number of hydrogen-bond acceptors (Lipinski definition) is 4. The molecule has 8 heteroatoms. The van der Waals surface area contributed by atoms with Crippen molar-refractivity contribution in [3.63, 3.8) is 0 Å². The molecule has 2 N–H and O–H groups in total. The summed E-state index contributed by atoms with van der Waals surface area (Å²) in [7, 11) is -8.04. The van der Waals surface area contributed by atoms with Crippen LogP contribution in [0.4, 0.5) is 0 Å². The summed E-state index contributed by atoms with van der Waals surface area (Å²) in [5.74, 6) is 0. The van der Waals surface area contributed by atoms with Crippen molar-refractivity contribution in [3.8, 4) is 11.1 Å². The Morgan fingerprint density at radius 3 is 1.05 bits per heavy atom. The summed E-state index contributed by atoms with van der Waals surface area (Å²) in [6.07, 6.45) is 0. The van der Waals surface area contributed by atoms with Gasteiger partial charge in [0.1, 0.15) is 0 Å². The molecule has 0 aliphatic heterocycles. The van der Waals surface area contributed by atoms with Crippen LogP contribution >= 0.6 is 0 Å². The Morgan fingerprint density at radius 1 is 0.405 bits per heavy atom. The molecule has 6 aromatic carbocycles. The van der Waals surface area contributed by atoms with Crippen molar-refractivity contribution < 1.29 is 25.9 Å².